The number of nitrogens with two attached hydrogens (primary N) is 1. The largest absolute Gasteiger partial charge is 0.466 e. The molecule has 0 unspecified atom stereocenters. The summed E-state index contributed by atoms with van der Waals surface area (Å²) >= 11 is 0. The highest BCUT2D eigenvalue weighted by atomic mass is 16.5. The van der Waals surface area contributed by atoms with Crippen LogP contribution in [-0.2, 0) is 16.0 Å². The van der Waals surface area contributed by atoms with Crippen molar-refractivity contribution in [3.63, 3.8) is 0 Å². The van der Waals surface area contributed by atoms with Gasteiger partial charge in [0.25, 0.3) is 0 Å². The molecule has 17 heavy (non-hydrogen) atoms. The van der Waals surface area contributed by atoms with Gasteiger partial charge in [0, 0.05) is 18.1 Å². The van der Waals surface area contributed by atoms with Gasteiger partial charge in [-0.1, -0.05) is 0 Å². The van der Waals surface area contributed by atoms with Crippen LogP contribution in [0.4, 0.5) is 5.69 Å². The lowest BCUT2D eigenvalue weighted by molar-refractivity contribution is -0.142. The van der Waals surface area contributed by atoms with Gasteiger partial charge < -0.3 is 14.9 Å². The number of pyridine rings is 1. The van der Waals surface area contributed by atoms with Crippen molar-refractivity contribution < 1.29 is 9.53 Å². The van der Waals surface area contributed by atoms with Crippen molar-refractivity contribution in [2.75, 3.05) is 12.3 Å². The van der Waals surface area contributed by atoms with Crippen LogP contribution >= 0.6 is 0 Å². The maximum Gasteiger partial charge on any atom is 0.311 e. The number of hydrogen-bond donors (Lipinski definition) is 1. The number of ether oxygens (including phenoxy) is 1. The molecule has 0 radical (unpaired) electrons. The first-order valence-electron chi connectivity index (χ1n) is 5.49. The van der Waals surface area contributed by atoms with E-state index in [1.165, 1.54) is 0 Å². The zero-order valence-electron chi connectivity index (χ0n) is 9.93. The maximum atomic E-state index is 11.3. The van der Waals surface area contributed by atoms with E-state index in [-0.39, 0.29) is 12.4 Å². The molecule has 0 fully saturated rings. The molecule has 0 aromatic carbocycles. The first kappa shape index (κ1) is 11.4. The Bertz CT molecular complexity index is 560. The molecule has 90 valence electrons. The second-order valence-corrected chi connectivity index (χ2v) is 3.90. The van der Waals surface area contributed by atoms with Gasteiger partial charge in [-0.2, -0.15) is 0 Å². The predicted molar refractivity (Wildman–Crippen MR) is 64.7 cm³/mol. The molecule has 0 aliphatic heterocycles. The van der Waals surface area contributed by atoms with Crippen LogP contribution in [-0.4, -0.2) is 22.0 Å². The fraction of sp³-hybridized carbons (Fsp3) is 0.333. The summed E-state index contributed by atoms with van der Waals surface area (Å²) in [6, 6.07) is 1.86. The summed E-state index contributed by atoms with van der Waals surface area (Å²) < 4.78 is 6.72. The monoisotopic (exact) mass is 233 g/mol. The fourth-order valence-corrected chi connectivity index (χ4v) is 1.79. The molecule has 0 atom stereocenters. The molecule has 0 saturated carbocycles. The van der Waals surface area contributed by atoms with Gasteiger partial charge in [-0.25, -0.2) is 4.98 Å². The molecule has 2 N–H and O–H groups in total. The Morgan fingerprint density at radius 3 is 3.00 bits per heavy atom. The Morgan fingerprint density at radius 2 is 2.29 bits per heavy atom. The standard InChI is InChI=1S/C12H15N3O2/c1-3-17-11(16)5-10-7-15-6-9(13)4-8(2)12(15)14-10/h4,6-7H,3,5,13H2,1-2H3. The van der Waals surface area contributed by atoms with E-state index in [1.807, 2.05) is 17.4 Å². The molecular weight excluding hydrogens is 218 g/mol. The quantitative estimate of drug-likeness (QED) is 0.812. The summed E-state index contributed by atoms with van der Waals surface area (Å²) in [4.78, 5) is 15.7. The van der Waals surface area contributed by atoms with Crippen LogP contribution in [0.2, 0.25) is 0 Å². The van der Waals surface area contributed by atoms with Crippen LogP contribution in [0.15, 0.2) is 18.5 Å². The van der Waals surface area contributed by atoms with Crippen molar-refractivity contribution in [3.8, 4) is 0 Å². The van der Waals surface area contributed by atoms with Crippen LogP contribution in [0, 0.1) is 6.92 Å². The zero-order valence-corrected chi connectivity index (χ0v) is 9.93. The van der Waals surface area contributed by atoms with Crippen LogP contribution in [0.5, 0.6) is 0 Å². The maximum absolute atomic E-state index is 11.3. The number of aromatic nitrogens is 2. The fourth-order valence-electron chi connectivity index (χ4n) is 1.79. The van der Waals surface area contributed by atoms with E-state index in [4.69, 9.17) is 10.5 Å². The van der Waals surface area contributed by atoms with Gasteiger partial charge >= 0.3 is 5.97 Å². The molecule has 2 heterocycles. The third-order valence-electron chi connectivity index (χ3n) is 2.44. The average Bonchev–Trinajstić information content (AvgIpc) is 2.60. The number of carbonyl (C=O) groups excluding carboxylic acids is 1. The van der Waals surface area contributed by atoms with Crippen LogP contribution in [0.25, 0.3) is 5.65 Å². The van der Waals surface area contributed by atoms with Gasteiger partial charge in [-0.15, -0.1) is 0 Å². The number of imidazole rings is 1. The van der Waals surface area contributed by atoms with Crippen LogP contribution in [0.1, 0.15) is 18.2 Å². The summed E-state index contributed by atoms with van der Waals surface area (Å²) in [6.07, 6.45) is 3.77. The molecule has 2 aromatic rings. The number of rotatable bonds is 3. The number of hydrogen-bond acceptors (Lipinski definition) is 4. The molecule has 5 nitrogen and oxygen atoms in total. The summed E-state index contributed by atoms with van der Waals surface area (Å²) in [7, 11) is 0. The minimum Gasteiger partial charge on any atom is -0.466 e. The van der Waals surface area contributed by atoms with Crippen molar-refractivity contribution in [3.05, 3.63) is 29.7 Å². The molecule has 5 heteroatoms. The minimum atomic E-state index is -0.262. The summed E-state index contributed by atoms with van der Waals surface area (Å²) in [5.74, 6) is -0.262. The van der Waals surface area contributed by atoms with Crippen molar-refractivity contribution >= 4 is 17.3 Å². The minimum absolute atomic E-state index is 0.189. The molecule has 0 aliphatic rings. The van der Waals surface area contributed by atoms with E-state index in [2.05, 4.69) is 4.98 Å². The number of esters is 1. The average molecular weight is 233 g/mol. The molecule has 0 amide bonds. The van der Waals surface area contributed by atoms with Crippen molar-refractivity contribution in [2.24, 2.45) is 0 Å². The summed E-state index contributed by atoms with van der Waals surface area (Å²) in [6.45, 7) is 4.11. The third-order valence-corrected chi connectivity index (χ3v) is 2.44. The van der Waals surface area contributed by atoms with Gasteiger partial charge in [0.05, 0.1) is 18.7 Å². The van der Waals surface area contributed by atoms with Crippen molar-refractivity contribution in [2.45, 2.75) is 20.3 Å². The molecule has 0 aliphatic carbocycles. The van der Waals surface area contributed by atoms with E-state index < -0.39 is 0 Å². The first-order chi connectivity index (χ1) is 8.10. The SMILES string of the molecule is CCOC(=O)Cc1cn2cc(N)cc(C)c2n1. The molecule has 2 aromatic heterocycles. The Morgan fingerprint density at radius 1 is 1.53 bits per heavy atom. The van der Waals surface area contributed by atoms with Crippen molar-refractivity contribution in [1.29, 1.82) is 0 Å². The van der Waals surface area contributed by atoms with Crippen LogP contribution < -0.4 is 5.73 Å². The number of anilines is 1. The lowest BCUT2D eigenvalue weighted by atomic mass is 10.3. The highest BCUT2D eigenvalue weighted by Gasteiger charge is 2.09. The van der Waals surface area contributed by atoms with E-state index in [1.54, 1.807) is 19.3 Å². The van der Waals surface area contributed by atoms with Gasteiger partial charge in [0.2, 0.25) is 0 Å². The number of nitrogens with zero attached hydrogens (tertiary/aromatic N) is 2. The number of carbonyl (C=O) groups is 1. The number of fused-ring (bicyclic) bond motifs is 1. The second-order valence-electron chi connectivity index (χ2n) is 3.90. The van der Waals surface area contributed by atoms with Gasteiger partial charge in [0.1, 0.15) is 5.65 Å². The van der Waals surface area contributed by atoms with Gasteiger partial charge in [-0.3, -0.25) is 4.79 Å². The lowest BCUT2D eigenvalue weighted by Crippen LogP contribution is -2.07. The molecule has 0 bridgehead atoms. The second kappa shape index (κ2) is 4.45. The molecular formula is C12H15N3O2. The topological polar surface area (TPSA) is 69.6 Å². The number of aryl methyl sites for hydroxylation is 1. The van der Waals surface area contributed by atoms with Crippen molar-refractivity contribution in [1.82, 2.24) is 9.38 Å². The molecule has 0 saturated heterocycles. The predicted octanol–water partition coefficient (Wildman–Crippen LogP) is 1.33. The van der Waals surface area contributed by atoms with E-state index in [9.17, 15) is 4.79 Å². The molecule has 0 spiro atoms. The number of nitrogen functional groups attached to an aromatic ring is 1. The molecule has 2 rings (SSSR count). The van der Waals surface area contributed by atoms with E-state index in [0.717, 1.165) is 11.2 Å². The third kappa shape index (κ3) is 2.38. The van der Waals surface area contributed by atoms with E-state index in [0.29, 0.717) is 18.0 Å². The Labute approximate surface area is 99.2 Å². The first-order valence-corrected chi connectivity index (χ1v) is 5.49. The normalized spacial score (nSPS) is 10.7. The summed E-state index contributed by atoms with van der Waals surface area (Å²) in [5, 5.41) is 0. The highest BCUT2D eigenvalue weighted by Crippen LogP contribution is 2.14. The lowest BCUT2D eigenvalue weighted by Gasteiger charge is -1.98. The Kier molecular flexibility index (Phi) is 2.99. The van der Waals surface area contributed by atoms with Gasteiger partial charge in [0.15, 0.2) is 0 Å². The summed E-state index contributed by atoms with van der Waals surface area (Å²) in [5.41, 5.74) is 8.91. The van der Waals surface area contributed by atoms with Crippen LogP contribution in [0.3, 0.4) is 0 Å². The smallest absolute Gasteiger partial charge is 0.311 e. The highest BCUT2D eigenvalue weighted by molar-refractivity contribution is 5.72. The van der Waals surface area contributed by atoms with E-state index >= 15 is 0 Å². The Hall–Kier alpha value is -2.04. The Balaban J connectivity index is 2.32. The van der Waals surface area contributed by atoms with Gasteiger partial charge in [-0.05, 0) is 25.5 Å². The zero-order chi connectivity index (χ0) is 12.4.